The van der Waals surface area contributed by atoms with Crippen molar-refractivity contribution in [1.82, 2.24) is 29.9 Å². The Labute approximate surface area is 207 Å². The number of nitrogens with zero attached hydrogens (tertiary/aromatic N) is 7. The number of hydrogen-bond acceptors (Lipinski definition) is 8. The third kappa shape index (κ3) is 3.46. The zero-order valence-corrected chi connectivity index (χ0v) is 19.9. The van der Waals surface area contributed by atoms with Crippen LogP contribution in [0.5, 0.6) is 0 Å². The van der Waals surface area contributed by atoms with Gasteiger partial charge in [-0.25, -0.2) is 4.98 Å². The van der Waals surface area contributed by atoms with Gasteiger partial charge in [0.2, 0.25) is 0 Å². The second-order valence-electron chi connectivity index (χ2n) is 9.56. The molecule has 11 heteroatoms. The Morgan fingerprint density at radius 3 is 2.92 bits per heavy atom. The molecule has 1 amide bonds. The molecule has 184 valence electrons. The summed E-state index contributed by atoms with van der Waals surface area (Å²) in [5.74, 6) is 1.61. The number of carbonyl (C=O) groups excluding carboxylic acids is 1. The molecule has 2 bridgehead atoms. The standard InChI is InChI=1S/C25H26N8O3/c1-15-14-35-9-8-31(15)23-10-18(19-12-28-33(24(19)29-23)22-6-7-27-30-22)20-4-2-16(11-26-20)32-13-17-3-5-21(36-17)25(32)34/h2,4,6-7,10-12,15,17,21H,3,5,8-9,13-14H2,1H3,(H,27,30)/t15-,17?,21?/m1/s1. The molecule has 0 saturated carbocycles. The van der Waals surface area contributed by atoms with Crippen molar-refractivity contribution in [3.8, 4) is 17.1 Å². The molecule has 11 nitrogen and oxygen atoms in total. The van der Waals surface area contributed by atoms with Crippen molar-refractivity contribution in [2.24, 2.45) is 0 Å². The van der Waals surface area contributed by atoms with Gasteiger partial charge in [-0.05, 0) is 38.0 Å². The molecule has 0 aliphatic carbocycles. The van der Waals surface area contributed by atoms with Crippen LogP contribution in [0.1, 0.15) is 19.8 Å². The zero-order chi connectivity index (χ0) is 24.2. The summed E-state index contributed by atoms with van der Waals surface area (Å²) in [6.07, 6.45) is 6.79. The molecule has 36 heavy (non-hydrogen) atoms. The molecule has 0 radical (unpaired) electrons. The molecule has 7 rings (SSSR count). The molecule has 3 saturated heterocycles. The Balaban J connectivity index is 1.31. The Hall–Kier alpha value is -3.83. The number of ether oxygens (including phenoxy) is 2. The van der Waals surface area contributed by atoms with E-state index in [9.17, 15) is 4.79 Å². The van der Waals surface area contributed by atoms with E-state index in [0.717, 1.165) is 59.0 Å². The number of H-pyrrole nitrogens is 1. The van der Waals surface area contributed by atoms with Crippen molar-refractivity contribution in [3.63, 3.8) is 0 Å². The summed E-state index contributed by atoms with van der Waals surface area (Å²) in [7, 11) is 0. The lowest BCUT2D eigenvalue weighted by Crippen LogP contribution is -2.47. The lowest BCUT2D eigenvalue weighted by atomic mass is 10.1. The number of pyridine rings is 2. The molecule has 0 spiro atoms. The van der Waals surface area contributed by atoms with Crippen LogP contribution in [-0.4, -0.2) is 80.4 Å². The Bertz CT molecular complexity index is 1420. The van der Waals surface area contributed by atoms with Crippen LogP contribution in [0.2, 0.25) is 0 Å². The number of amides is 1. The Kier molecular flexibility index (Phi) is 5.00. The molecule has 0 aromatic carbocycles. The van der Waals surface area contributed by atoms with Crippen molar-refractivity contribution in [1.29, 1.82) is 0 Å². The van der Waals surface area contributed by atoms with E-state index in [4.69, 9.17) is 19.4 Å². The fraction of sp³-hybridized carbons (Fsp3) is 0.400. The van der Waals surface area contributed by atoms with E-state index in [-0.39, 0.29) is 24.2 Å². The Morgan fingerprint density at radius 2 is 2.11 bits per heavy atom. The van der Waals surface area contributed by atoms with Crippen molar-refractivity contribution < 1.29 is 14.3 Å². The molecule has 1 N–H and O–H groups in total. The van der Waals surface area contributed by atoms with Gasteiger partial charge in [-0.1, -0.05) is 0 Å². The number of morpholine rings is 2. The highest BCUT2D eigenvalue weighted by Crippen LogP contribution is 2.34. The van der Waals surface area contributed by atoms with Gasteiger partial charge in [-0.15, -0.1) is 0 Å². The van der Waals surface area contributed by atoms with Crippen LogP contribution in [0, 0.1) is 0 Å². The van der Waals surface area contributed by atoms with Gasteiger partial charge in [-0.2, -0.15) is 14.9 Å². The van der Waals surface area contributed by atoms with Crippen LogP contribution in [0.25, 0.3) is 28.1 Å². The minimum Gasteiger partial charge on any atom is -0.377 e. The first kappa shape index (κ1) is 21.5. The summed E-state index contributed by atoms with van der Waals surface area (Å²) in [4.78, 5) is 26.7. The van der Waals surface area contributed by atoms with Crippen molar-refractivity contribution >= 4 is 28.4 Å². The van der Waals surface area contributed by atoms with E-state index in [0.29, 0.717) is 19.8 Å². The van der Waals surface area contributed by atoms with Gasteiger partial charge in [0.05, 0.1) is 61.9 Å². The highest BCUT2D eigenvalue weighted by molar-refractivity contribution is 5.98. The number of nitrogens with one attached hydrogen (secondary N) is 1. The molecular weight excluding hydrogens is 460 g/mol. The van der Waals surface area contributed by atoms with E-state index in [1.54, 1.807) is 17.1 Å². The average Bonchev–Trinajstić information content (AvgIpc) is 3.66. The third-order valence-corrected chi connectivity index (χ3v) is 7.27. The summed E-state index contributed by atoms with van der Waals surface area (Å²) < 4.78 is 13.2. The van der Waals surface area contributed by atoms with Crippen molar-refractivity contribution in [3.05, 3.63) is 42.9 Å². The molecule has 4 aromatic rings. The van der Waals surface area contributed by atoms with Gasteiger partial charge < -0.3 is 19.3 Å². The largest absolute Gasteiger partial charge is 0.377 e. The maximum Gasteiger partial charge on any atom is 0.256 e. The summed E-state index contributed by atoms with van der Waals surface area (Å²) in [6, 6.07) is 8.06. The summed E-state index contributed by atoms with van der Waals surface area (Å²) >= 11 is 0. The van der Waals surface area contributed by atoms with Crippen LogP contribution in [-0.2, 0) is 14.3 Å². The van der Waals surface area contributed by atoms with Gasteiger partial charge in [-0.3, -0.25) is 14.9 Å². The van der Waals surface area contributed by atoms with E-state index < -0.39 is 0 Å². The number of fused-ring (bicyclic) bond motifs is 3. The van der Waals surface area contributed by atoms with Gasteiger partial charge >= 0.3 is 0 Å². The second-order valence-corrected chi connectivity index (χ2v) is 9.56. The molecule has 3 aliphatic rings. The van der Waals surface area contributed by atoms with Crippen molar-refractivity contribution in [2.45, 2.75) is 38.0 Å². The fourth-order valence-electron chi connectivity index (χ4n) is 5.38. The highest BCUT2D eigenvalue weighted by Gasteiger charge is 2.40. The quantitative estimate of drug-likeness (QED) is 0.468. The summed E-state index contributed by atoms with van der Waals surface area (Å²) in [5.41, 5.74) is 3.24. The first-order chi connectivity index (χ1) is 17.7. The van der Waals surface area contributed by atoms with Gasteiger partial charge in [0.15, 0.2) is 11.5 Å². The fourth-order valence-corrected chi connectivity index (χ4v) is 5.38. The second kappa shape index (κ2) is 8.38. The summed E-state index contributed by atoms with van der Waals surface area (Å²) in [5, 5.41) is 12.5. The molecule has 3 fully saturated rings. The zero-order valence-electron chi connectivity index (χ0n) is 19.9. The predicted octanol–water partition coefficient (Wildman–Crippen LogP) is 2.32. The minimum atomic E-state index is -0.324. The first-order valence-corrected chi connectivity index (χ1v) is 12.3. The van der Waals surface area contributed by atoms with E-state index in [1.165, 1.54) is 0 Å². The molecular formula is C25H26N8O3. The Morgan fingerprint density at radius 1 is 1.17 bits per heavy atom. The maximum atomic E-state index is 12.8. The number of carbonyl (C=O) groups is 1. The van der Waals surface area contributed by atoms with Gasteiger partial charge in [0.25, 0.3) is 5.91 Å². The SMILES string of the molecule is C[C@@H]1COCCN1c1cc(-c2ccc(N3CC4CCC(O4)C3=O)cn2)c2cnn(-c3ccn[nH]3)c2n1. The molecule has 3 aliphatic heterocycles. The predicted molar refractivity (Wildman–Crippen MR) is 132 cm³/mol. The molecule has 7 heterocycles. The third-order valence-electron chi connectivity index (χ3n) is 7.27. The van der Waals surface area contributed by atoms with Gasteiger partial charge in [0, 0.05) is 23.6 Å². The van der Waals surface area contributed by atoms with Crippen molar-refractivity contribution in [2.75, 3.05) is 36.1 Å². The molecule has 3 atom stereocenters. The van der Waals surface area contributed by atoms with Crippen LogP contribution in [0.15, 0.2) is 42.9 Å². The lowest BCUT2D eigenvalue weighted by Gasteiger charge is -2.34. The molecule has 4 aromatic heterocycles. The van der Waals surface area contributed by atoms with Crippen LogP contribution >= 0.6 is 0 Å². The number of aromatic nitrogens is 6. The first-order valence-electron chi connectivity index (χ1n) is 12.3. The minimum absolute atomic E-state index is 0.0222. The summed E-state index contributed by atoms with van der Waals surface area (Å²) in [6.45, 7) is 4.77. The molecule has 2 unspecified atom stereocenters. The lowest BCUT2D eigenvalue weighted by molar-refractivity contribution is -0.133. The van der Waals surface area contributed by atoms with Crippen LogP contribution in [0.4, 0.5) is 11.5 Å². The van der Waals surface area contributed by atoms with Crippen LogP contribution < -0.4 is 9.80 Å². The normalized spacial score (nSPS) is 24.1. The van der Waals surface area contributed by atoms with E-state index in [2.05, 4.69) is 33.2 Å². The van der Waals surface area contributed by atoms with E-state index >= 15 is 0 Å². The van der Waals surface area contributed by atoms with Crippen LogP contribution in [0.3, 0.4) is 0 Å². The highest BCUT2D eigenvalue weighted by atomic mass is 16.5. The number of rotatable bonds is 4. The smallest absolute Gasteiger partial charge is 0.256 e. The van der Waals surface area contributed by atoms with Gasteiger partial charge in [0.1, 0.15) is 11.9 Å². The topological polar surface area (TPSA) is 114 Å². The van der Waals surface area contributed by atoms with E-state index in [1.807, 2.05) is 29.3 Å². The number of anilines is 2. The maximum absolute atomic E-state index is 12.8. The number of aromatic amines is 1. The number of hydrogen-bond donors (Lipinski definition) is 1. The monoisotopic (exact) mass is 486 g/mol. The average molecular weight is 487 g/mol.